The van der Waals surface area contributed by atoms with E-state index in [9.17, 15) is 4.79 Å². The Balaban J connectivity index is 1.12. The molecule has 3 heterocycles. The van der Waals surface area contributed by atoms with Gasteiger partial charge in [-0.15, -0.1) is 11.6 Å². The minimum atomic E-state index is -0.357. The van der Waals surface area contributed by atoms with Crippen LogP contribution in [0.25, 0.3) is 10.9 Å². The molecular weight excluding hydrogens is 524 g/mol. The summed E-state index contributed by atoms with van der Waals surface area (Å²) >= 11 is 6.61. The van der Waals surface area contributed by atoms with E-state index in [1.807, 2.05) is 55.5 Å². The SMILES string of the molecule is CN(C)CC=CC(=O)Nc1ccc(CNC2CCCC(NC3N=CC(Cl)C(c4c[nH]c5ccccc45)=N3)C2)nc1. The van der Waals surface area contributed by atoms with Crippen molar-refractivity contribution in [3.05, 3.63) is 72.2 Å². The van der Waals surface area contributed by atoms with Gasteiger partial charge in [0, 0.05) is 60.1 Å². The van der Waals surface area contributed by atoms with Crippen LogP contribution in [0.1, 0.15) is 36.9 Å². The third-order valence-electron chi connectivity index (χ3n) is 7.21. The number of likely N-dealkylation sites (N-methyl/N-ethyl adjacent to an activating group) is 1. The Labute approximate surface area is 240 Å². The van der Waals surface area contributed by atoms with Gasteiger partial charge in [0.2, 0.25) is 5.91 Å². The number of fused-ring (bicyclic) bond motifs is 1. The zero-order chi connectivity index (χ0) is 27.9. The third-order valence-corrected chi connectivity index (χ3v) is 7.53. The average molecular weight is 561 g/mol. The molecule has 1 fully saturated rings. The van der Waals surface area contributed by atoms with Gasteiger partial charge in [0.1, 0.15) is 5.38 Å². The number of pyridine rings is 1. The van der Waals surface area contributed by atoms with Crippen LogP contribution < -0.4 is 16.0 Å². The van der Waals surface area contributed by atoms with Crippen molar-refractivity contribution in [2.45, 2.75) is 56.0 Å². The number of amides is 1. The molecule has 210 valence electrons. The number of para-hydroxylation sites is 1. The molecule has 1 aliphatic carbocycles. The first kappa shape index (κ1) is 28.2. The standard InChI is InChI=1S/C30H37ClN8O/c1-39(2)14-6-11-28(40)36-23-13-12-22(33-17-23)16-32-20-7-5-8-21(15-20)37-30-35-19-26(31)29(38-30)25-18-34-27-10-4-3-9-24(25)27/h3-4,6,9-13,17-21,26,30,32,34,37H,5,7-8,14-16H2,1-2H3,(H,36,40). The van der Waals surface area contributed by atoms with Crippen molar-refractivity contribution in [1.29, 1.82) is 0 Å². The maximum absolute atomic E-state index is 12.0. The number of halogens is 1. The second-order valence-corrected chi connectivity index (χ2v) is 11.1. The lowest BCUT2D eigenvalue weighted by Crippen LogP contribution is -2.46. The maximum atomic E-state index is 12.0. The molecule has 2 aromatic heterocycles. The zero-order valence-corrected chi connectivity index (χ0v) is 23.7. The van der Waals surface area contributed by atoms with Gasteiger partial charge in [-0.25, -0.2) is 4.99 Å². The van der Waals surface area contributed by atoms with E-state index in [0.29, 0.717) is 24.3 Å². The first-order valence-electron chi connectivity index (χ1n) is 13.8. The van der Waals surface area contributed by atoms with Gasteiger partial charge in [0.05, 0.1) is 23.3 Å². The van der Waals surface area contributed by atoms with Crippen molar-refractivity contribution >= 4 is 46.0 Å². The fourth-order valence-corrected chi connectivity index (χ4v) is 5.43. The van der Waals surface area contributed by atoms with Crippen molar-refractivity contribution in [3.8, 4) is 0 Å². The Morgan fingerprint density at radius 3 is 2.85 bits per heavy atom. The number of hydrogen-bond acceptors (Lipinski definition) is 7. The first-order chi connectivity index (χ1) is 19.4. The van der Waals surface area contributed by atoms with Crippen molar-refractivity contribution < 1.29 is 4.79 Å². The Hall–Kier alpha value is -3.37. The van der Waals surface area contributed by atoms with Gasteiger partial charge in [-0.1, -0.05) is 30.7 Å². The van der Waals surface area contributed by atoms with E-state index in [4.69, 9.17) is 16.6 Å². The molecule has 1 amide bonds. The van der Waals surface area contributed by atoms with Crippen molar-refractivity contribution in [2.75, 3.05) is 26.0 Å². The smallest absolute Gasteiger partial charge is 0.248 e. The summed E-state index contributed by atoms with van der Waals surface area (Å²) in [6.07, 6.45) is 12.8. The number of aliphatic imine (C=N–C) groups is 2. The molecule has 40 heavy (non-hydrogen) atoms. The molecule has 1 saturated carbocycles. The monoisotopic (exact) mass is 560 g/mol. The van der Waals surface area contributed by atoms with Gasteiger partial charge < -0.3 is 20.5 Å². The number of aromatic amines is 1. The normalized spacial score (nSPS) is 23.1. The zero-order valence-electron chi connectivity index (χ0n) is 23.0. The molecule has 5 rings (SSSR count). The average Bonchev–Trinajstić information content (AvgIpc) is 3.38. The summed E-state index contributed by atoms with van der Waals surface area (Å²) in [4.78, 5) is 31.4. The molecule has 2 aliphatic rings. The molecule has 0 spiro atoms. The minimum absolute atomic E-state index is 0.156. The highest BCUT2D eigenvalue weighted by molar-refractivity contribution is 6.44. The summed E-state index contributed by atoms with van der Waals surface area (Å²) < 4.78 is 0. The largest absolute Gasteiger partial charge is 0.360 e. The van der Waals surface area contributed by atoms with E-state index in [1.54, 1.807) is 18.5 Å². The summed E-state index contributed by atoms with van der Waals surface area (Å²) in [5, 5.41) is 10.9. The molecule has 4 N–H and O–H groups in total. The van der Waals surface area contributed by atoms with E-state index in [0.717, 1.165) is 60.1 Å². The molecule has 0 saturated heterocycles. The van der Waals surface area contributed by atoms with Crippen molar-refractivity contribution in [2.24, 2.45) is 9.98 Å². The lowest BCUT2D eigenvalue weighted by molar-refractivity contribution is -0.111. The number of H-pyrrole nitrogens is 1. The maximum Gasteiger partial charge on any atom is 0.248 e. The highest BCUT2D eigenvalue weighted by atomic mass is 35.5. The van der Waals surface area contributed by atoms with Crippen LogP contribution in [-0.4, -0.2) is 77.1 Å². The number of carbonyl (C=O) groups is 1. The molecule has 0 radical (unpaired) electrons. The number of benzene rings is 1. The van der Waals surface area contributed by atoms with Gasteiger partial charge in [-0.05, 0) is 51.6 Å². The Bertz CT molecular complexity index is 1380. The number of anilines is 1. The van der Waals surface area contributed by atoms with E-state index in [-0.39, 0.29) is 17.6 Å². The summed E-state index contributed by atoms with van der Waals surface area (Å²) in [6, 6.07) is 12.7. The second-order valence-electron chi connectivity index (χ2n) is 10.6. The first-order valence-corrected chi connectivity index (χ1v) is 14.3. The molecule has 4 unspecified atom stereocenters. The van der Waals surface area contributed by atoms with E-state index in [2.05, 4.69) is 43.0 Å². The predicted octanol–water partition coefficient (Wildman–Crippen LogP) is 4.07. The number of nitrogens with zero attached hydrogens (tertiary/aromatic N) is 4. The predicted molar refractivity (Wildman–Crippen MR) is 163 cm³/mol. The number of hydrogen-bond donors (Lipinski definition) is 4. The summed E-state index contributed by atoms with van der Waals surface area (Å²) in [5.74, 6) is -0.156. The lowest BCUT2D eigenvalue weighted by Gasteiger charge is -2.32. The van der Waals surface area contributed by atoms with E-state index >= 15 is 0 Å². The summed E-state index contributed by atoms with van der Waals surface area (Å²) in [5.41, 5.74) is 4.56. The number of rotatable bonds is 10. The molecule has 10 heteroatoms. The van der Waals surface area contributed by atoms with Crippen molar-refractivity contribution in [1.82, 2.24) is 25.5 Å². The van der Waals surface area contributed by atoms with Gasteiger partial charge in [0.15, 0.2) is 6.29 Å². The van der Waals surface area contributed by atoms with Gasteiger partial charge >= 0.3 is 0 Å². The topological polar surface area (TPSA) is 110 Å². The Kier molecular flexibility index (Phi) is 9.38. The van der Waals surface area contributed by atoms with Crippen LogP contribution in [0, 0.1) is 0 Å². The van der Waals surface area contributed by atoms with Crippen LogP contribution in [-0.2, 0) is 11.3 Å². The molecule has 1 aromatic carbocycles. The van der Waals surface area contributed by atoms with Gasteiger partial charge in [-0.3, -0.25) is 20.1 Å². The lowest BCUT2D eigenvalue weighted by atomic mass is 9.91. The molecule has 3 aromatic rings. The molecule has 1 aliphatic heterocycles. The second kappa shape index (κ2) is 13.3. The van der Waals surface area contributed by atoms with Crippen molar-refractivity contribution in [3.63, 3.8) is 0 Å². The van der Waals surface area contributed by atoms with Gasteiger partial charge in [-0.2, -0.15) is 0 Å². The van der Waals surface area contributed by atoms with E-state index in [1.165, 1.54) is 0 Å². The quantitative estimate of drug-likeness (QED) is 0.221. The minimum Gasteiger partial charge on any atom is -0.360 e. The highest BCUT2D eigenvalue weighted by Gasteiger charge is 2.27. The number of carbonyl (C=O) groups excluding carboxylic acids is 1. The van der Waals surface area contributed by atoms with Crippen LogP contribution in [0.4, 0.5) is 5.69 Å². The highest BCUT2D eigenvalue weighted by Crippen LogP contribution is 2.24. The fourth-order valence-electron chi connectivity index (χ4n) is 5.19. The van der Waals surface area contributed by atoms with Crippen LogP contribution in [0.5, 0.6) is 0 Å². The number of alkyl halides is 1. The van der Waals surface area contributed by atoms with Crippen LogP contribution >= 0.6 is 11.6 Å². The molecule has 0 bridgehead atoms. The fraction of sp³-hybridized carbons (Fsp3) is 0.400. The Morgan fingerprint density at radius 2 is 2.02 bits per heavy atom. The van der Waals surface area contributed by atoms with Crippen LogP contribution in [0.2, 0.25) is 0 Å². The summed E-state index contributed by atoms with van der Waals surface area (Å²) in [7, 11) is 3.92. The van der Waals surface area contributed by atoms with Crippen LogP contribution in [0.3, 0.4) is 0 Å². The van der Waals surface area contributed by atoms with E-state index < -0.39 is 0 Å². The summed E-state index contributed by atoms with van der Waals surface area (Å²) in [6.45, 7) is 1.39. The van der Waals surface area contributed by atoms with Gasteiger partial charge in [0.25, 0.3) is 0 Å². The van der Waals surface area contributed by atoms with Crippen LogP contribution in [0.15, 0.2) is 70.9 Å². The third kappa shape index (κ3) is 7.42. The molecular formula is C30H37ClN8O. The Morgan fingerprint density at radius 1 is 1.18 bits per heavy atom. The number of aromatic nitrogens is 2. The molecule has 4 atom stereocenters. The number of nitrogens with one attached hydrogen (secondary N) is 4. The molecule has 9 nitrogen and oxygen atoms in total.